The molecule has 1 aromatic rings. The molecule has 10 heavy (non-hydrogen) atoms. The summed E-state index contributed by atoms with van der Waals surface area (Å²) in [6.45, 7) is 0. The molecule has 0 aliphatic carbocycles. The quantitative estimate of drug-likeness (QED) is 0.503. The molecule has 54 valence electrons. The Hall–Kier alpha value is -1.09. The van der Waals surface area contributed by atoms with E-state index in [0.29, 0.717) is 11.4 Å². The summed E-state index contributed by atoms with van der Waals surface area (Å²) < 4.78 is 0. The molecular weight excluding hydrogens is 152 g/mol. The second-order valence-corrected chi connectivity index (χ2v) is 1.68. The summed E-state index contributed by atoms with van der Waals surface area (Å²) in [5.74, 6) is 0. The molecule has 0 fully saturated rings. The summed E-state index contributed by atoms with van der Waals surface area (Å²) in [5.41, 5.74) is 6.39. The van der Waals surface area contributed by atoms with E-state index >= 15 is 0 Å². The van der Waals surface area contributed by atoms with E-state index in [1.165, 1.54) is 0 Å². The lowest BCUT2D eigenvalue weighted by atomic mass is 10.3. The highest BCUT2D eigenvalue weighted by Crippen LogP contribution is 2.12. The average Bonchev–Trinajstić information content (AvgIpc) is 1.90. The second kappa shape index (κ2) is 3.85. The van der Waals surface area contributed by atoms with Crippen LogP contribution in [0.4, 0.5) is 11.4 Å². The van der Waals surface area contributed by atoms with Gasteiger partial charge in [0, 0.05) is 5.69 Å². The van der Waals surface area contributed by atoms with Crippen LogP contribution in [-0.4, -0.2) is 0 Å². The lowest BCUT2D eigenvalue weighted by molar-refractivity contribution is 1.50. The topological polar surface area (TPSA) is 55.4 Å². The average molecular weight is 159 g/mol. The van der Waals surface area contributed by atoms with Crippen LogP contribution in [0.1, 0.15) is 0 Å². The molecule has 0 amide bonds. The van der Waals surface area contributed by atoms with Gasteiger partial charge in [-0.1, -0.05) is 0 Å². The number of halogens is 1. The number of hydrogen-bond acceptors (Lipinski definition) is 3. The first-order valence-electron chi connectivity index (χ1n) is 2.52. The molecule has 0 heterocycles. The minimum atomic E-state index is 0. The summed E-state index contributed by atoms with van der Waals surface area (Å²) >= 11 is 0. The summed E-state index contributed by atoms with van der Waals surface area (Å²) in [7, 11) is 0. The fourth-order valence-electron chi connectivity index (χ4n) is 0.535. The van der Waals surface area contributed by atoms with Crippen molar-refractivity contribution < 1.29 is 0 Å². The fourth-order valence-corrected chi connectivity index (χ4v) is 0.535. The number of benzene rings is 1. The van der Waals surface area contributed by atoms with Gasteiger partial charge in [0.2, 0.25) is 0 Å². The van der Waals surface area contributed by atoms with Crippen molar-refractivity contribution in [2.75, 3.05) is 5.73 Å². The largest absolute Gasteiger partial charge is 0.399 e. The molecule has 1 rings (SSSR count). The van der Waals surface area contributed by atoms with E-state index < -0.39 is 0 Å². The van der Waals surface area contributed by atoms with Crippen molar-refractivity contribution in [2.45, 2.75) is 0 Å². The van der Waals surface area contributed by atoms with Crippen LogP contribution in [0.25, 0.3) is 0 Å². The number of nitroso groups, excluding NO2 is 1. The number of nitrogens with two attached hydrogens (primary N) is 1. The molecule has 0 atom stereocenters. The van der Waals surface area contributed by atoms with Gasteiger partial charge in [-0.3, -0.25) is 0 Å². The Bertz CT molecular complexity index is 209. The van der Waals surface area contributed by atoms with Crippen molar-refractivity contribution in [3.63, 3.8) is 0 Å². The van der Waals surface area contributed by atoms with Crippen LogP contribution < -0.4 is 5.73 Å². The van der Waals surface area contributed by atoms with Gasteiger partial charge in [0.25, 0.3) is 0 Å². The SMILES string of the molecule is Cl.Nc1ccc(N=O)cc1. The molecule has 0 aliphatic rings. The van der Waals surface area contributed by atoms with E-state index in [1.807, 2.05) is 0 Å². The molecule has 0 bridgehead atoms. The van der Waals surface area contributed by atoms with Gasteiger partial charge in [0.15, 0.2) is 0 Å². The number of nitrogens with zero attached hydrogens (tertiary/aromatic N) is 1. The summed E-state index contributed by atoms with van der Waals surface area (Å²) in [6, 6.07) is 6.41. The van der Waals surface area contributed by atoms with Gasteiger partial charge < -0.3 is 5.73 Å². The summed E-state index contributed by atoms with van der Waals surface area (Å²) in [4.78, 5) is 9.83. The molecule has 2 N–H and O–H groups in total. The Morgan fingerprint density at radius 1 is 1.20 bits per heavy atom. The molecule has 0 unspecified atom stereocenters. The molecule has 0 saturated heterocycles. The third-order valence-corrected chi connectivity index (χ3v) is 0.998. The third kappa shape index (κ3) is 2.03. The lowest BCUT2D eigenvalue weighted by Gasteiger charge is -1.88. The molecule has 0 spiro atoms. The fraction of sp³-hybridized carbons (Fsp3) is 0. The van der Waals surface area contributed by atoms with Crippen LogP contribution >= 0.6 is 12.4 Å². The minimum Gasteiger partial charge on any atom is -0.399 e. The molecule has 0 aliphatic heterocycles. The first-order valence-corrected chi connectivity index (χ1v) is 2.52. The maximum Gasteiger partial charge on any atom is 0.108 e. The van der Waals surface area contributed by atoms with Crippen LogP contribution in [-0.2, 0) is 0 Å². The van der Waals surface area contributed by atoms with Crippen LogP contribution in [0, 0.1) is 4.91 Å². The maximum atomic E-state index is 9.83. The van der Waals surface area contributed by atoms with Gasteiger partial charge in [-0.05, 0) is 29.4 Å². The van der Waals surface area contributed by atoms with Gasteiger partial charge in [0.1, 0.15) is 5.69 Å². The smallest absolute Gasteiger partial charge is 0.108 e. The van der Waals surface area contributed by atoms with Crippen LogP contribution in [0.3, 0.4) is 0 Å². The monoisotopic (exact) mass is 158 g/mol. The van der Waals surface area contributed by atoms with Crippen molar-refractivity contribution in [1.29, 1.82) is 0 Å². The van der Waals surface area contributed by atoms with E-state index in [0.717, 1.165) is 0 Å². The highest BCUT2D eigenvalue weighted by Gasteiger charge is 1.86. The van der Waals surface area contributed by atoms with Crippen LogP contribution in [0.5, 0.6) is 0 Å². The normalized spacial score (nSPS) is 8.00. The molecule has 3 nitrogen and oxygen atoms in total. The summed E-state index contributed by atoms with van der Waals surface area (Å²) in [6.07, 6.45) is 0. The Morgan fingerprint density at radius 2 is 1.70 bits per heavy atom. The number of nitrogen functional groups attached to an aromatic ring is 1. The van der Waals surface area contributed by atoms with E-state index in [4.69, 9.17) is 5.73 Å². The van der Waals surface area contributed by atoms with Crippen molar-refractivity contribution in [3.05, 3.63) is 29.2 Å². The van der Waals surface area contributed by atoms with Crippen molar-refractivity contribution in [3.8, 4) is 0 Å². The predicted molar refractivity (Wildman–Crippen MR) is 43.6 cm³/mol. The zero-order chi connectivity index (χ0) is 6.69. The van der Waals surface area contributed by atoms with E-state index in [1.54, 1.807) is 24.3 Å². The van der Waals surface area contributed by atoms with Crippen molar-refractivity contribution >= 4 is 23.8 Å². The van der Waals surface area contributed by atoms with Crippen molar-refractivity contribution in [1.82, 2.24) is 0 Å². The summed E-state index contributed by atoms with van der Waals surface area (Å²) in [5, 5.41) is 2.71. The zero-order valence-electron chi connectivity index (χ0n) is 5.15. The van der Waals surface area contributed by atoms with Crippen molar-refractivity contribution in [2.24, 2.45) is 5.18 Å². The van der Waals surface area contributed by atoms with Crippen LogP contribution in [0.15, 0.2) is 29.4 Å². The Balaban J connectivity index is 0.000000810. The first-order chi connectivity index (χ1) is 4.33. The molecule has 1 aromatic carbocycles. The second-order valence-electron chi connectivity index (χ2n) is 1.68. The Kier molecular flexibility index (Phi) is 3.43. The standard InChI is InChI=1S/C6H6N2O.ClH/c7-5-1-3-6(8-9)4-2-5;/h1-4H,7H2;1H. The minimum absolute atomic E-state index is 0. The first kappa shape index (κ1) is 8.91. The van der Waals surface area contributed by atoms with E-state index in [-0.39, 0.29) is 12.4 Å². The highest BCUT2D eigenvalue weighted by atomic mass is 35.5. The molecule has 0 aromatic heterocycles. The zero-order valence-corrected chi connectivity index (χ0v) is 5.97. The maximum absolute atomic E-state index is 9.83. The van der Waals surface area contributed by atoms with E-state index in [2.05, 4.69) is 5.18 Å². The van der Waals surface area contributed by atoms with Crippen LogP contribution in [0.2, 0.25) is 0 Å². The molecular formula is C6H7ClN2O. The van der Waals surface area contributed by atoms with E-state index in [9.17, 15) is 4.91 Å². The highest BCUT2D eigenvalue weighted by molar-refractivity contribution is 5.85. The Morgan fingerprint density at radius 3 is 2.10 bits per heavy atom. The number of rotatable bonds is 1. The Labute approximate surface area is 64.6 Å². The number of anilines is 1. The number of hydrogen-bond donors (Lipinski definition) is 1. The molecule has 0 radical (unpaired) electrons. The van der Waals surface area contributed by atoms with Gasteiger partial charge >= 0.3 is 0 Å². The predicted octanol–water partition coefficient (Wildman–Crippen LogP) is 2.09. The lowest BCUT2D eigenvalue weighted by Crippen LogP contribution is -1.80. The van der Waals surface area contributed by atoms with Gasteiger partial charge in [-0.15, -0.1) is 17.3 Å². The molecule has 4 heteroatoms. The third-order valence-electron chi connectivity index (χ3n) is 0.998. The molecule has 0 saturated carbocycles. The van der Waals surface area contributed by atoms with Gasteiger partial charge in [-0.2, -0.15) is 0 Å². The van der Waals surface area contributed by atoms with Gasteiger partial charge in [0.05, 0.1) is 0 Å². The van der Waals surface area contributed by atoms with Gasteiger partial charge in [-0.25, -0.2) is 0 Å².